The molecular weight excluding hydrogens is 214 g/mol. The Bertz CT molecular complexity index is 265. The Hall–Kier alpha value is -0.610. The Labute approximate surface area is 104 Å². The first kappa shape index (κ1) is 12.8. The fourth-order valence-corrected chi connectivity index (χ4v) is 2.69. The van der Waals surface area contributed by atoms with E-state index in [9.17, 15) is 4.79 Å². The van der Waals surface area contributed by atoms with Gasteiger partial charge in [0.1, 0.15) is 0 Å². The summed E-state index contributed by atoms with van der Waals surface area (Å²) < 4.78 is 0. The van der Waals surface area contributed by atoms with E-state index in [1.807, 2.05) is 0 Å². The molecule has 2 unspecified atom stereocenters. The van der Waals surface area contributed by atoms with Crippen LogP contribution in [0.25, 0.3) is 0 Å². The molecule has 2 aliphatic rings. The molecule has 1 saturated heterocycles. The molecule has 1 amide bonds. The molecule has 4 heteroatoms. The molecule has 1 heterocycles. The van der Waals surface area contributed by atoms with Crippen LogP contribution in [-0.2, 0) is 4.79 Å². The first-order valence-corrected chi connectivity index (χ1v) is 6.96. The van der Waals surface area contributed by atoms with Gasteiger partial charge < -0.3 is 11.1 Å². The lowest BCUT2D eigenvalue weighted by Gasteiger charge is -2.38. The Morgan fingerprint density at radius 1 is 1.41 bits per heavy atom. The van der Waals surface area contributed by atoms with Crippen LogP contribution in [0.15, 0.2) is 0 Å². The highest BCUT2D eigenvalue weighted by Gasteiger charge is 2.29. The quantitative estimate of drug-likeness (QED) is 0.743. The van der Waals surface area contributed by atoms with Crippen molar-refractivity contribution in [2.45, 2.75) is 51.1 Å². The van der Waals surface area contributed by atoms with Crippen LogP contribution in [0.2, 0.25) is 0 Å². The summed E-state index contributed by atoms with van der Waals surface area (Å²) in [7, 11) is 0. The Kier molecular flexibility index (Phi) is 4.40. The van der Waals surface area contributed by atoms with E-state index in [-0.39, 0.29) is 5.91 Å². The van der Waals surface area contributed by atoms with E-state index < -0.39 is 0 Å². The zero-order valence-corrected chi connectivity index (χ0v) is 10.8. The van der Waals surface area contributed by atoms with Gasteiger partial charge in [-0.25, -0.2) is 0 Å². The zero-order valence-electron chi connectivity index (χ0n) is 10.8. The van der Waals surface area contributed by atoms with Crippen LogP contribution in [0.1, 0.15) is 39.0 Å². The number of nitrogens with two attached hydrogens (primary N) is 1. The number of piperidine rings is 1. The minimum absolute atomic E-state index is 0.181. The molecule has 2 fully saturated rings. The summed E-state index contributed by atoms with van der Waals surface area (Å²) in [5.74, 6) is 0.979. The van der Waals surface area contributed by atoms with Gasteiger partial charge >= 0.3 is 0 Å². The summed E-state index contributed by atoms with van der Waals surface area (Å²) >= 11 is 0. The van der Waals surface area contributed by atoms with Crippen molar-refractivity contribution in [2.24, 2.45) is 11.7 Å². The highest BCUT2D eigenvalue weighted by atomic mass is 16.2. The van der Waals surface area contributed by atoms with Gasteiger partial charge in [0.25, 0.3) is 0 Å². The van der Waals surface area contributed by atoms with E-state index in [1.54, 1.807) is 0 Å². The number of nitrogens with one attached hydrogen (secondary N) is 1. The van der Waals surface area contributed by atoms with Gasteiger partial charge in [0.05, 0.1) is 6.54 Å². The van der Waals surface area contributed by atoms with Gasteiger partial charge in [0, 0.05) is 18.6 Å². The predicted molar refractivity (Wildman–Crippen MR) is 68.6 cm³/mol. The first-order valence-electron chi connectivity index (χ1n) is 6.96. The number of hydrogen-bond donors (Lipinski definition) is 2. The van der Waals surface area contributed by atoms with Gasteiger partial charge in [-0.15, -0.1) is 0 Å². The van der Waals surface area contributed by atoms with Crippen molar-refractivity contribution in [2.75, 3.05) is 19.6 Å². The molecule has 17 heavy (non-hydrogen) atoms. The maximum Gasteiger partial charge on any atom is 0.234 e. The maximum absolute atomic E-state index is 11.8. The Morgan fingerprint density at radius 3 is 2.76 bits per heavy atom. The maximum atomic E-state index is 11.8. The van der Waals surface area contributed by atoms with E-state index in [2.05, 4.69) is 17.1 Å². The van der Waals surface area contributed by atoms with E-state index in [1.165, 1.54) is 12.8 Å². The number of hydrogen-bond acceptors (Lipinski definition) is 3. The second kappa shape index (κ2) is 5.83. The fourth-order valence-electron chi connectivity index (χ4n) is 2.69. The number of carbonyl (C=O) groups excluding carboxylic acids is 1. The molecule has 1 aliphatic heterocycles. The van der Waals surface area contributed by atoms with Crippen molar-refractivity contribution < 1.29 is 4.79 Å². The van der Waals surface area contributed by atoms with Gasteiger partial charge in [0.2, 0.25) is 5.91 Å². The van der Waals surface area contributed by atoms with Crippen LogP contribution >= 0.6 is 0 Å². The molecule has 0 aromatic heterocycles. The van der Waals surface area contributed by atoms with Gasteiger partial charge in [0.15, 0.2) is 0 Å². The topological polar surface area (TPSA) is 58.4 Å². The van der Waals surface area contributed by atoms with Crippen molar-refractivity contribution in [3.05, 3.63) is 0 Å². The van der Waals surface area contributed by atoms with Crippen LogP contribution in [0.5, 0.6) is 0 Å². The van der Waals surface area contributed by atoms with Crippen LogP contribution < -0.4 is 11.1 Å². The smallest absolute Gasteiger partial charge is 0.234 e. The highest BCUT2D eigenvalue weighted by molar-refractivity contribution is 5.78. The third kappa shape index (κ3) is 3.68. The van der Waals surface area contributed by atoms with Crippen molar-refractivity contribution in [1.29, 1.82) is 0 Å². The summed E-state index contributed by atoms with van der Waals surface area (Å²) in [5, 5.41) is 3.05. The van der Waals surface area contributed by atoms with Crippen LogP contribution in [-0.4, -0.2) is 42.5 Å². The number of rotatable bonds is 5. The highest BCUT2D eigenvalue weighted by Crippen LogP contribution is 2.25. The summed E-state index contributed by atoms with van der Waals surface area (Å²) in [6.07, 6.45) is 5.92. The van der Waals surface area contributed by atoms with Gasteiger partial charge in [-0.05, 0) is 38.1 Å². The number of carbonyl (C=O) groups is 1. The lowest BCUT2D eigenvalue weighted by atomic mass is 9.89. The molecule has 0 aromatic carbocycles. The Morgan fingerprint density at radius 2 is 2.18 bits per heavy atom. The lowest BCUT2D eigenvalue weighted by molar-refractivity contribution is -0.123. The van der Waals surface area contributed by atoms with Crippen molar-refractivity contribution in [3.8, 4) is 0 Å². The first-order chi connectivity index (χ1) is 8.22. The van der Waals surface area contributed by atoms with Crippen LogP contribution in [0.4, 0.5) is 0 Å². The van der Waals surface area contributed by atoms with Crippen molar-refractivity contribution >= 4 is 5.91 Å². The summed E-state index contributed by atoms with van der Waals surface area (Å²) in [6.45, 7) is 4.48. The van der Waals surface area contributed by atoms with Gasteiger partial charge in [-0.2, -0.15) is 0 Å². The Balaban J connectivity index is 1.79. The number of nitrogens with zero attached hydrogens (tertiary/aromatic N) is 1. The predicted octanol–water partition coefficient (Wildman–Crippen LogP) is 0.714. The minimum Gasteiger partial charge on any atom is -0.352 e. The average Bonchev–Trinajstić information content (AvgIpc) is 3.13. The average molecular weight is 239 g/mol. The van der Waals surface area contributed by atoms with Crippen molar-refractivity contribution in [3.63, 3.8) is 0 Å². The molecule has 3 N–H and O–H groups in total. The lowest BCUT2D eigenvalue weighted by Crippen LogP contribution is -2.50. The summed E-state index contributed by atoms with van der Waals surface area (Å²) in [6, 6.07) is 0.866. The molecule has 1 aliphatic carbocycles. The normalized spacial score (nSPS) is 30.2. The second-order valence-corrected chi connectivity index (χ2v) is 5.50. The molecule has 0 aromatic rings. The summed E-state index contributed by atoms with van der Waals surface area (Å²) in [5.41, 5.74) is 5.83. The minimum atomic E-state index is 0.181. The third-order valence-electron chi connectivity index (χ3n) is 4.08. The van der Waals surface area contributed by atoms with Crippen LogP contribution in [0.3, 0.4) is 0 Å². The van der Waals surface area contributed by atoms with E-state index >= 15 is 0 Å². The zero-order chi connectivity index (χ0) is 12.3. The van der Waals surface area contributed by atoms with Crippen molar-refractivity contribution in [1.82, 2.24) is 10.2 Å². The fraction of sp³-hybridized carbons (Fsp3) is 0.923. The molecule has 98 valence electrons. The van der Waals surface area contributed by atoms with Gasteiger partial charge in [-0.3, -0.25) is 9.69 Å². The molecule has 0 bridgehead atoms. The SMILES string of the molecule is CCC1CCN(CC(=O)NC2CC2)C(CN)C1. The third-order valence-corrected chi connectivity index (χ3v) is 4.08. The number of amides is 1. The van der Waals surface area contributed by atoms with E-state index in [0.717, 1.165) is 31.7 Å². The van der Waals surface area contributed by atoms with Gasteiger partial charge in [-0.1, -0.05) is 13.3 Å². The molecule has 2 rings (SSSR count). The molecular formula is C13H25N3O. The number of likely N-dealkylation sites (tertiary alicyclic amines) is 1. The molecule has 1 saturated carbocycles. The molecule has 0 spiro atoms. The molecule has 2 atom stereocenters. The summed E-state index contributed by atoms with van der Waals surface area (Å²) in [4.78, 5) is 14.0. The molecule has 4 nitrogen and oxygen atoms in total. The van der Waals surface area contributed by atoms with E-state index in [4.69, 9.17) is 5.73 Å². The monoisotopic (exact) mass is 239 g/mol. The second-order valence-electron chi connectivity index (χ2n) is 5.50. The van der Waals surface area contributed by atoms with E-state index in [0.29, 0.717) is 25.2 Å². The standard InChI is InChI=1S/C13H25N3O/c1-2-10-5-6-16(12(7-10)8-14)9-13(17)15-11-3-4-11/h10-12H,2-9,14H2,1H3,(H,15,17). The van der Waals surface area contributed by atoms with Crippen LogP contribution in [0, 0.1) is 5.92 Å². The largest absolute Gasteiger partial charge is 0.352 e. The molecule has 0 radical (unpaired) electrons.